The van der Waals surface area contributed by atoms with Crippen LogP contribution >= 0.6 is 0 Å². The molecule has 98 heavy (non-hydrogen) atoms. The third kappa shape index (κ3) is 37.1. The Morgan fingerprint density at radius 1 is 0.449 bits per heavy atom. The molecule has 0 saturated carbocycles. The van der Waals surface area contributed by atoms with Gasteiger partial charge in [-0.2, -0.15) is 0 Å². The number of hydrogen-bond acceptors (Lipinski definition) is 24. The summed E-state index contributed by atoms with van der Waals surface area (Å²) >= 11 is 0. The van der Waals surface area contributed by atoms with Crippen molar-refractivity contribution in [2.45, 2.75) is 290 Å². The standard InChI is InChI=1S/C68H106O24.3C2H6/c1-43(70)24-27-53(74)34-85-47(5)31-49(7)90-58(78)63(10,11)38-65(13,52-22-20-19-21-23-52)40-68(16,62(82)91-48(6)30-46(4)83-17)42-66(14,59(79)84-18)41-67(15,61(81)88-37-55(33-69)92-57(77)29-26-45(3)72)39-64(12,32-50(8)89-51(9)73)60(80)87-36-54(75)35-86-56(76)28-25-44(2)71;3*1-2/h19-23,46-50,54-55,69,75H,24-42H2,1-18H3;3*1-2H3. The van der Waals surface area contributed by atoms with Crippen LogP contribution in [-0.2, 0) is 110 Å². The first-order valence-corrected chi connectivity index (χ1v) is 34.4. The molecule has 0 bridgehead atoms. The number of aliphatic hydroxyl groups excluding tert-OH is 2. The van der Waals surface area contributed by atoms with Crippen molar-refractivity contribution in [3.8, 4) is 0 Å². The number of ketones is 4. The summed E-state index contributed by atoms with van der Waals surface area (Å²) in [5.74, 6) is -7.90. The molecule has 0 radical (unpaired) electrons. The van der Waals surface area contributed by atoms with Gasteiger partial charge in [-0.25, -0.2) is 0 Å². The van der Waals surface area contributed by atoms with E-state index in [1.807, 2.05) is 60.6 Å². The van der Waals surface area contributed by atoms with Crippen LogP contribution in [-0.4, -0.2) is 171 Å². The van der Waals surface area contributed by atoms with Crippen molar-refractivity contribution in [1.29, 1.82) is 0 Å². The fourth-order valence-corrected chi connectivity index (χ4v) is 12.1. The third-order valence-electron chi connectivity index (χ3n) is 16.0. The van der Waals surface area contributed by atoms with Gasteiger partial charge in [0.25, 0.3) is 0 Å². The van der Waals surface area contributed by atoms with Crippen molar-refractivity contribution in [2.75, 3.05) is 47.3 Å². The molecule has 0 heterocycles. The molecule has 0 aliphatic rings. The number of benzene rings is 1. The average Bonchev–Trinajstić information content (AvgIpc) is 0.758. The average molecular weight is 1400 g/mol. The molecule has 0 aliphatic carbocycles. The van der Waals surface area contributed by atoms with E-state index in [1.54, 1.807) is 66.7 Å². The van der Waals surface area contributed by atoms with E-state index in [0.29, 0.717) is 5.56 Å². The highest BCUT2D eigenvalue weighted by Crippen LogP contribution is 2.54. The summed E-state index contributed by atoms with van der Waals surface area (Å²) < 4.78 is 56.7. The van der Waals surface area contributed by atoms with Crippen molar-refractivity contribution in [1.82, 2.24) is 0 Å². The molecule has 0 aliphatic heterocycles. The van der Waals surface area contributed by atoms with Crippen LogP contribution < -0.4 is 0 Å². The second kappa shape index (κ2) is 47.5. The topological polar surface area (TPSA) is 338 Å². The van der Waals surface area contributed by atoms with E-state index < -0.39 is 163 Å². The Balaban J connectivity index is -0.0000146. The second-order valence-electron chi connectivity index (χ2n) is 27.1. The van der Waals surface area contributed by atoms with Crippen LogP contribution in [0.3, 0.4) is 0 Å². The first-order valence-electron chi connectivity index (χ1n) is 34.4. The van der Waals surface area contributed by atoms with Gasteiger partial charge in [0.05, 0.1) is 65.8 Å². The molecule has 0 saturated heterocycles. The van der Waals surface area contributed by atoms with Crippen molar-refractivity contribution in [3.63, 3.8) is 0 Å². The number of aliphatic hydroxyl groups is 2. The highest BCUT2D eigenvalue weighted by molar-refractivity contribution is 5.86. The van der Waals surface area contributed by atoms with Crippen LogP contribution in [0.2, 0.25) is 0 Å². The van der Waals surface area contributed by atoms with Crippen molar-refractivity contribution >= 4 is 70.9 Å². The number of Topliss-reactive ketones (excluding diaryl/α,β-unsaturated/α-hetero) is 4. The summed E-state index contributed by atoms with van der Waals surface area (Å²) in [7, 11) is 2.61. The lowest BCUT2D eigenvalue weighted by Crippen LogP contribution is -2.50. The maximum Gasteiger partial charge on any atom is 0.312 e. The molecule has 2 N–H and O–H groups in total. The fourth-order valence-electron chi connectivity index (χ4n) is 12.1. The largest absolute Gasteiger partial charge is 0.469 e. The van der Waals surface area contributed by atoms with Gasteiger partial charge in [-0.1, -0.05) is 78.8 Å². The molecule has 0 fully saturated rings. The number of ether oxygens (including phenoxy) is 10. The molecule has 1 aromatic rings. The summed E-state index contributed by atoms with van der Waals surface area (Å²) in [6.45, 7) is 33.3. The SMILES string of the molecule is CC.CC.CC.COC(=O)C(C)(CC(C)(CC(C)(CC(C)OC(C)=O)C(=O)OCC(O)COC(=O)CCC(C)=O)C(=O)OCC(CO)OC(=O)CCC(C)=O)CC(C)(CC(C)(CC(C)(C)C(=O)OC(C)CC(C)OCC(=O)CCC(C)=O)c1ccccc1)C(=O)OC(C)CC(C)OC. The predicted molar refractivity (Wildman–Crippen MR) is 368 cm³/mol. The molecule has 0 amide bonds. The van der Waals surface area contributed by atoms with Gasteiger partial charge in [-0.3, -0.25) is 43.2 Å². The maximum absolute atomic E-state index is 15.5. The number of rotatable bonds is 46. The molecule has 0 spiro atoms. The minimum Gasteiger partial charge on any atom is -0.469 e. The maximum atomic E-state index is 15.5. The van der Waals surface area contributed by atoms with Gasteiger partial charge in [-0.15, -0.1) is 0 Å². The van der Waals surface area contributed by atoms with Gasteiger partial charge in [-0.05, 0) is 146 Å². The van der Waals surface area contributed by atoms with Gasteiger partial charge in [0.2, 0.25) is 0 Å². The Morgan fingerprint density at radius 2 is 0.888 bits per heavy atom. The number of carbonyl (C=O) groups excluding carboxylic acids is 12. The van der Waals surface area contributed by atoms with Crippen molar-refractivity contribution in [3.05, 3.63) is 35.9 Å². The summed E-state index contributed by atoms with van der Waals surface area (Å²) in [6.07, 6.45) is -8.97. The van der Waals surface area contributed by atoms with E-state index in [0.717, 1.165) is 14.0 Å². The van der Waals surface area contributed by atoms with Gasteiger partial charge in [0.15, 0.2) is 11.9 Å². The van der Waals surface area contributed by atoms with Crippen LogP contribution in [0.15, 0.2) is 30.3 Å². The van der Waals surface area contributed by atoms with Crippen LogP contribution in [0.4, 0.5) is 0 Å². The van der Waals surface area contributed by atoms with Gasteiger partial charge < -0.3 is 72.0 Å². The predicted octanol–water partition coefficient (Wildman–Crippen LogP) is 11.2. The summed E-state index contributed by atoms with van der Waals surface area (Å²) in [6, 6.07) is 9.05. The molecule has 564 valence electrons. The molecule has 24 heteroatoms. The van der Waals surface area contributed by atoms with Crippen LogP contribution in [0.25, 0.3) is 0 Å². The Kier molecular flexibility index (Phi) is 46.4. The zero-order valence-electron chi connectivity index (χ0n) is 63.7. The molecule has 12 unspecified atom stereocenters. The van der Waals surface area contributed by atoms with Crippen LogP contribution in [0.1, 0.15) is 248 Å². The molecule has 24 nitrogen and oxygen atoms in total. The molecular formula is C74H124O24. The summed E-state index contributed by atoms with van der Waals surface area (Å²) in [4.78, 5) is 160. The summed E-state index contributed by atoms with van der Waals surface area (Å²) in [5.41, 5.74) is -9.58. The van der Waals surface area contributed by atoms with E-state index in [4.69, 9.17) is 47.4 Å². The van der Waals surface area contributed by atoms with Gasteiger partial charge >= 0.3 is 47.8 Å². The number of esters is 8. The Morgan fingerprint density at radius 3 is 1.38 bits per heavy atom. The number of hydrogen-bond donors (Lipinski definition) is 2. The van der Waals surface area contributed by atoms with E-state index >= 15 is 14.4 Å². The lowest BCUT2D eigenvalue weighted by Gasteiger charge is -2.46. The highest BCUT2D eigenvalue weighted by Gasteiger charge is 2.57. The summed E-state index contributed by atoms with van der Waals surface area (Å²) in [5, 5.41) is 21.2. The monoisotopic (exact) mass is 1400 g/mol. The first kappa shape index (κ1) is 95.7. The minimum absolute atomic E-state index is 0.0215. The lowest BCUT2D eigenvalue weighted by molar-refractivity contribution is -0.179. The minimum atomic E-state index is -2.10. The normalized spacial score (nSPS) is 16.3. The van der Waals surface area contributed by atoms with E-state index in [1.165, 1.54) is 55.6 Å². The fraction of sp³-hybridized carbons (Fsp3) is 0.757. The number of carbonyl (C=O) groups is 12. The number of methoxy groups -OCH3 is 2. The molecule has 1 aromatic carbocycles. The quantitative estimate of drug-likeness (QED) is 0.0452. The molecule has 1 rings (SSSR count). The highest BCUT2D eigenvalue weighted by atomic mass is 16.6. The van der Waals surface area contributed by atoms with Crippen LogP contribution in [0, 0.1) is 27.1 Å². The molecule has 12 atom stereocenters. The molecular weight excluding hydrogens is 1270 g/mol. The zero-order valence-corrected chi connectivity index (χ0v) is 63.7. The third-order valence-corrected chi connectivity index (χ3v) is 16.0. The molecule has 0 aromatic heterocycles. The smallest absolute Gasteiger partial charge is 0.312 e. The van der Waals surface area contributed by atoms with E-state index in [-0.39, 0.29) is 106 Å². The first-order chi connectivity index (χ1) is 45.5. The Labute approximate surface area is 584 Å². The van der Waals surface area contributed by atoms with Crippen LogP contribution in [0.5, 0.6) is 0 Å². The van der Waals surface area contributed by atoms with Crippen molar-refractivity contribution < 1.29 is 115 Å². The lowest BCUT2D eigenvalue weighted by atomic mass is 9.57. The second-order valence-corrected chi connectivity index (χ2v) is 27.1. The van der Waals surface area contributed by atoms with Gasteiger partial charge in [0.1, 0.15) is 68.2 Å². The zero-order chi connectivity index (χ0) is 76.6. The Bertz CT molecular complexity index is 2640. The van der Waals surface area contributed by atoms with Crippen molar-refractivity contribution in [2.24, 2.45) is 27.1 Å². The Hall–Kier alpha value is -6.50. The van der Waals surface area contributed by atoms with E-state index in [9.17, 15) is 53.4 Å². The van der Waals surface area contributed by atoms with E-state index in [2.05, 4.69) is 0 Å². The van der Waals surface area contributed by atoms with Gasteiger partial charge in [0, 0.05) is 52.6 Å².